The molecule has 8 nitrogen and oxygen atoms in total. The molecule has 0 amide bonds. The second-order valence-electron chi connectivity index (χ2n) is 8.44. The number of furan rings is 1. The molecule has 180 valence electrons. The third-order valence-electron chi connectivity index (χ3n) is 6.03. The third kappa shape index (κ3) is 4.17. The summed E-state index contributed by atoms with van der Waals surface area (Å²) in [5.41, 5.74) is 2.92. The highest BCUT2D eigenvalue weighted by atomic mass is 32.2. The lowest BCUT2D eigenvalue weighted by atomic mass is 10.1. The molecule has 0 aliphatic rings. The van der Waals surface area contributed by atoms with Crippen LogP contribution in [0.3, 0.4) is 0 Å². The van der Waals surface area contributed by atoms with E-state index < -0.39 is 10.0 Å². The molecule has 0 bridgehead atoms. The van der Waals surface area contributed by atoms with Crippen molar-refractivity contribution in [2.75, 3.05) is 14.1 Å². The van der Waals surface area contributed by atoms with Crippen molar-refractivity contribution in [2.45, 2.75) is 31.2 Å². The van der Waals surface area contributed by atoms with E-state index in [1.165, 1.54) is 18.4 Å². The maximum atomic E-state index is 12.6. The molecule has 0 aliphatic heterocycles. The smallest absolute Gasteiger partial charge is 0.311 e. The van der Waals surface area contributed by atoms with Gasteiger partial charge in [0.1, 0.15) is 22.7 Å². The first-order chi connectivity index (χ1) is 16.8. The number of carbonyl (C=O) groups is 1. The predicted molar refractivity (Wildman–Crippen MR) is 134 cm³/mol. The Morgan fingerprint density at radius 3 is 2.57 bits per heavy atom. The van der Waals surface area contributed by atoms with Crippen LogP contribution in [-0.2, 0) is 27.8 Å². The Morgan fingerprint density at radius 1 is 1.03 bits per heavy atom. The van der Waals surface area contributed by atoms with Gasteiger partial charge in [0.25, 0.3) is 0 Å². The molecule has 0 atom stereocenters. The number of imidazole rings is 1. The quantitative estimate of drug-likeness (QED) is 0.241. The summed E-state index contributed by atoms with van der Waals surface area (Å²) in [6.07, 6.45) is 0.504. The number of fused-ring (bicyclic) bond motifs is 4. The first-order valence-electron chi connectivity index (χ1n) is 11.3. The number of aromatic nitrogens is 2. The Morgan fingerprint density at radius 2 is 1.80 bits per heavy atom. The highest BCUT2D eigenvalue weighted by Crippen LogP contribution is 2.31. The second kappa shape index (κ2) is 8.83. The van der Waals surface area contributed by atoms with E-state index in [9.17, 15) is 13.2 Å². The lowest BCUT2D eigenvalue weighted by molar-refractivity contribution is -0.134. The van der Waals surface area contributed by atoms with Crippen LogP contribution in [0.15, 0.2) is 70.0 Å². The number of hydrogen-bond donors (Lipinski definition) is 0. The zero-order valence-electron chi connectivity index (χ0n) is 19.7. The fourth-order valence-electron chi connectivity index (χ4n) is 4.24. The van der Waals surface area contributed by atoms with Gasteiger partial charge in [0.15, 0.2) is 0 Å². The number of sulfonamides is 1. The van der Waals surface area contributed by atoms with Crippen molar-refractivity contribution in [2.24, 2.45) is 0 Å². The minimum absolute atomic E-state index is 0.135. The summed E-state index contributed by atoms with van der Waals surface area (Å²) >= 11 is 0. The average Bonchev–Trinajstić information content (AvgIpc) is 3.39. The molecule has 9 heteroatoms. The van der Waals surface area contributed by atoms with Crippen molar-refractivity contribution >= 4 is 49.0 Å². The Kier molecular flexibility index (Phi) is 5.82. The normalized spacial score (nSPS) is 12.2. The van der Waals surface area contributed by atoms with Gasteiger partial charge in [-0.15, -0.1) is 0 Å². The maximum Gasteiger partial charge on any atom is 0.311 e. The van der Waals surface area contributed by atoms with Gasteiger partial charge in [-0.1, -0.05) is 18.2 Å². The zero-order chi connectivity index (χ0) is 24.7. The lowest BCUT2D eigenvalue weighted by Gasteiger charge is -2.11. The first-order valence-corrected chi connectivity index (χ1v) is 12.8. The number of carbonyl (C=O) groups excluding carboxylic acids is 1. The number of rotatable bonds is 7. The van der Waals surface area contributed by atoms with E-state index in [4.69, 9.17) is 9.15 Å². The van der Waals surface area contributed by atoms with Crippen LogP contribution in [0.2, 0.25) is 0 Å². The molecule has 5 aromatic rings. The minimum Gasteiger partial charge on any atom is -0.456 e. The van der Waals surface area contributed by atoms with E-state index in [-0.39, 0.29) is 17.3 Å². The van der Waals surface area contributed by atoms with Crippen LogP contribution in [0.5, 0.6) is 5.75 Å². The Hall–Kier alpha value is -3.69. The van der Waals surface area contributed by atoms with Gasteiger partial charge >= 0.3 is 5.97 Å². The lowest BCUT2D eigenvalue weighted by Crippen LogP contribution is -2.22. The van der Waals surface area contributed by atoms with Crippen molar-refractivity contribution in [1.29, 1.82) is 0 Å². The maximum absolute atomic E-state index is 12.6. The fourth-order valence-corrected chi connectivity index (χ4v) is 5.16. The van der Waals surface area contributed by atoms with Crippen molar-refractivity contribution in [3.8, 4) is 5.75 Å². The van der Waals surface area contributed by atoms with Gasteiger partial charge < -0.3 is 13.7 Å². The largest absolute Gasteiger partial charge is 0.456 e. The summed E-state index contributed by atoms with van der Waals surface area (Å²) in [6, 6.07) is 18.0. The summed E-state index contributed by atoms with van der Waals surface area (Å²) in [4.78, 5) is 17.4. The van der Waals surface area contributed by atoms with Crippen LogP contribution in [0.1, 0.15) is 19.2 Å². The van der Waals surface area contributed by atoms with Crippen molar-refractivity contribution in [1.82, 2.24) is 13.9 Å². The van der Waals surface area contributed by atoms with Gasteiger partial charge in [-0.2, -0.15) is 0 Å². The summed E-state index contributed by atoms with van der Waals surface area (Å²) in [5, 5.41) is 1.86. The van der Waals surface area contributed by atoms with Gasteiger partial charge in [-0.3, -0.25) is 4.79 Å². The van der Waals surface area contributed by atoms with E-state index in [2.05, 4.69) is 4.98 Å². The Labute approximate surface area is 202 Å². The molecule has 2 heterocycles. The van der Waals surface area contributed by atoms with Crippen LogP contribution in [0.25, 0.3) is 33.0 Å². The highest BCUT2D eigenvalue weighted by molar-refractivity contribution is 7.89. The standard InChI is InChI=1S/C26H25N3O5S/c1-4-29-22-11-10-18(35(31,32)28(2)3)16-21(22)27-25(29)13-14-26(30)33-17-9-12-24-20(15-17)19-7-5-6-8-23(19)34-24/h5-12,15-16H,4,13-14H2,1-3H3. The molecule has 0 saturated heterocycles. The fraction of sp³-hybridized carbons (Fsp3) is 0.231. The predicted octanol–water partition coefficient (Wildman–Crippen LogP) is 4.74. The number of para-hydroxylation sites is 1. The van der Waals surface area contributed by atoms with Gasteiger partial charge in [0, 0.05) is 37.8 Å². The highest BCUT2D eigenvalue weighted by Gasteiger charge is 2.20. The van der Waals surface area contributed by atoms with Gasteiger partial charge in [-0.25, -0.2) is 17.7 Å². The molecule has 0 N–H and O–H groups in total. The summed E-state index contributed by atoms with van der Waals surface area (Å²) in [7, 11) is -0.573. The van der Waals surface area contributed by atoms with Crippen molar-refractivity contribution in [3.05, 3.63) is 66.5 Å². The van der Waals surface area contributed by atoms with E-state index in [1.807, 2.05) is 41.8 Å². The number of esters is 1. The molecule has 2 aromatic heterocycles. The van der Waals surface area contributed by atoms with E-state index in [0.717, 1.165) is 27.5 Å². The van der Waals surface area contributed by atoms with Crippen LogP contribution >= 0.6 is 0 Å². The van der Waals surface area contributed by atoms with Crippen molar-refractivity contribution < 1.29 is 22.4 Å². The monoisotopic (exact) mass is 491 g/mol. The topological polar surface area (TPSA) is 94.6 Å². The van der Waals surface area contributed by atoms with Crippen LogP contribution in [-0.4, -0.2) is 42.3 Å². The summed E-state index contributed by atoms with van der Waals surface area (Å²) in [5.74, 6) is 0.787. The van der Waals surface area contributed by atoms with E-state index >= 15 is 0 Å². The molecule has 0 aliphatic carbocycles. The zero-order valence-corrected chi connectivity index (χ0v) is 20.5. The second-order valence-corrected chi connectivity index (χ2v) is 10.6. The molecule has 0 unspecified atom stereocenters. The number of ether oxygens (including phenoxy) is 1. The number of hydrogen-bond acceptors (Lipinski definition) is 6. The van der Waals surface area contributed by atoms with Gasteiger partial charge in [0.2, 0.25) is 10.0 Å². The molecule has 0 spiro atoms. The van der Waals surface area contributed by atoms with E-state index in [1.54, 1.807) is 30.3 Å². The number of benzene rings is 3. The molecule has 0 fully saturated rings. The van der Waals surface area contributed by atoms with Crippen molar-refractivity contribution in [3.63, 3.8) is 0 Å². The van der Waals surface area contributed by atoms with Gasteiger partial charge in [0.05, 0.1) is 22.3 Å². The Balaban J connectivity index is 1.35. The molecule has 0 saturated carbocycles. The molecule has 35 heavy (non-hydrogen) atoms. The van der Waals surface area contributed by atoms with Crippen LogP contribution < -0.4 is 4.74 Å². The average molecular weight is 492 g/mol. The number of aryl methyl sites for hydroxylation is 2. The first kappa shape index (κ1) is 23.1. The molecular formula is C26H25N3O5S. The third-order valence-corrected chi connectivity index (χ3v) is 7.84. The summed E-state index contributed by atoms with van der Waals surface area (Å²) < 4.78 is 39.6. The van der Waals surface area contributed by atoms with Gasteiger partial charge in [-0.05, 0) is 49.4 Å². The Bertz CT molecular complexity index is 1680. The molecule has 5 rings (SSSR count). The van der Waals surface area contributed by atoms with Crippen LogP contribution in [0, 0.1) is 0 Å². The summed E-state index contributed by atoms with van der Waals surface area (Å²) in [6.45, 7) is 2.63. The SMILES string of the molecule is CCn1c(CCC(=O)Oc2ccc3oc4ccccc4c3c2)nc2cc(S(=O)(=O)N(C)C)ccc21. The van der Waals surface area contributed by atoms with E-state index in [0.29, 0.717) is 30.1 Å². The number of nitrogens with zero attached hydrogens (tertiary/aromatic N) is 3. The molecular weight excluding hydrogens is 466 g/mol. The molecule has 3 aromatic carbocycles. The molecule has 0 radical (unpaired) electrons. The minimum atomic E-state index is -3.56. The van der Waals surface area contributed by atoms with Crippen LogP contribution in [0.4, 0.5) is 0 Å².